The van der Waals surface area contributed by atoms with E-state index >= 15 is 0 Å². The molecule has 0 aliphatic heterocycles. The van der Waals surface area contributed by atoms with Gasteiger partial charge in [-0.2, -0.15) is 8.42 Å². The lowest BCUT2D eigenvalue weighted by Crippen LogP contribution is -1.96. The quantitative estimate of drug-likeness (QED) is 0.623. The molecule has 0 spiro atoms. The fourth-order valence-corrected chi connectivity index (χ4v) is 2.13. The van der Waals surface area contributed by atoms with Crippen LogP contribution >= 0.6 is 0 Å². The Morgan fingerprint density at radius 3 is 1.89 bits per heavy atom. The first-order valence-corrected chi connectivity index (χ1v) is 7.63. The standard InChI is InChI=1S/C7H8O3S.C7H12/c1-6-2-4-7(5-3-6)11(8,9)10;1-2-4-6-7-5-3-1/h2-5H,1H3,(H,8,9,10);1-2H,3-7H2. The highest BCUT2D eigenvalue weighted by Gasteiger charge is 2.06. The number of hydrogen-bond acceptors (Lipinski definition) is 2. The predicted octanol–water partition coefficient (Wildman–Crippen LogP) is 3.75. The Labute approximate surface area is 109 Å². The molecule has 0 fully saturated rings. The molecule has 100 valence electrons. The van der Waals surface area contributed by atoms with Crippen LogP contribution in [0.5, 0.6) is 0 Å². The van der Waals surface area contributed by atoms with Crippen molar-refractivity contribution in [3.05, 3.63) is 42.0 Å². The van der Waals surface area contributed by atoms with E-state index in [9.17, 15) is 8.42 Å². The first kappa shape index (κ1) is 14.9. The lowest BCUT2D eigenvalue weighted by atomic mass is 10.2. The molecule has 0 heterocycles. The number of aryl methyl sites for hydroxylation is 1. The van der Waals surface area contributed by atoms with Crippen molar-refractivity contribution in [3.63, 3.8) is 0 Å². The van der Waals surface area contributed by atoms with Gasteiger partial charge in [0.15, 0.2) is 0 Å². The molecular formula is C14H20O3S. The maximum Gasteiger partial charge on any atom is 0.294 e. The van der Waals surface area contributed by atoms with Gasteiger partial charge >= 0.3 is 0 Å². The minimum atomic E-state index is -4.02. The van der Waals surface area contributed by atoms with Crippen LogP contribution < -0.4 is 0 Å². The Morgan fingerprint density at radius 2 is 1.44 bits per heavy atom. The molecule has 0 aromatic heterocycles. The molecular weight excluding hydrogens is 248 g/mol. The molecule has 1 aliphatic rings. The molecule has 18 heavy (non-hydrogen) atoms. The minimum Gasteiger partial charge on any atom is -0.282 e. The molecule has 0 radical (unpaired) electrons. The third-order valence-corrected chi connectivity index (χ3v) is 3.59. The summed E-state index contributed by atoms with van der Waals surface area (Å²) in [6.45, 7) is 1.84. The summed E-state index contributed by atoms with van der Waals surface area (Å²) in [4.78, 5) is -0.0666. The van der Waals surface area contributed by atoms with Gasteiger partial charge in [-0.1, -0.05) is 36.3 Å². The van der Waals surface area contributed by atoms with Crippen molar-refractivity contribution >= 4 is 10.1 Å². The van der Waals surface area contributed by atoms with Gasteiger partial charge in [-0.05, 0) is 44.7 Å². The monoisotopic (exact) mass is 268 g/mol. The van der Waals surface area contributed by atoms with Crippen LogP contribution in [-0.2, 0) is 10.1 Å². The maximum absolute atomic E-state index is 10.5. The molecule has 1 aromatic rings. The normalized spacial score (nSPS) is 15.4. The van der Waals surface area contributed by atoms with Crippen LogP contribution in [0.25, 0.3) is 0 Å². The van der Waals surface area contributed by atoms with Crippen molar-refractivity contribution in [2.45, 2.75) is 43.9 Å². The summed E-state index contributed by atoms with van der Waals surface area (Å²) >= 11 is 0. The molecule has 0 bridgehead atoms. The van der Waals surface area contributed by atoms with E-state index in [4.69, 9.17) is 4.55 Å². The Kier molecular flexibility index (Phi) is 6.09. The van der Waals surface area contributed by atoms with Gasteiger partial charge in [-0.3, -0.25) is 4.55 Å². The van der Waals surface area contributed by atoms with Gasteiger partial charge in [0, 0.05) is 0 Å². The topological polar surface area (TPSA) is 54.4 Å². The van der Waals surface area contributed by atoms with Gasteiger partial charge in [0.05, 0.1) is 4.90 Å². The highest BCUT2D eigenvalue weighted by atomic mass is 32.2. The van der Waals surface area contributed by atoms with Crippen LogP contribution in [-0.4, -0.2) is 13.0 Å². The Morgan fingerprint density at radius 1 is 0.944 bits per heavy atom. The molecule has 1 aliphatic carbocycles. The maximum atomic E-state index is 10.5. The van der Waals surface area contributed by atoms with Crippen LogP contribution in [0.4, 0.5) is 0 Å². The van der Waals surface area contributed by atoms with E-state index in [1.807, 2.05) is 6.92 Å². The Balaban J connectivity index is 0.000000199. The zero-order valence-electron chi connectivity index (χ0n) is 10.7. The average Bonchev–Trinajstić information content (AvgIpc) is 2.61. The van der Waals surface area contributed by atoms with E-state index < -0.39 is 10.1 Å². The Hall–Kier alpha value is -1.13. The molecule has 1 aromatic carbocycles. The van der Waals surface area contributed by atoms with Gasteiger partial charge < -0.3 is 0 Å². The van der Waals surface area contributed by atoms with Gasteiger partial charge in [-0.25, -0.2) is 0 Å². The molecule has 0 unspecified atom stereocenters. The first-order valence-electron chi connectivity index (χ1n) is 6.19. The van der Waals surface area contributed by atoms with E-state index in [1.165, 1.54) is 44.2 Å². The van der Waals surface area contributed by atoms with Crippen molar-refractivity contribution in [2.75, 3.05) is 0 Å². The molecule has 0 saturated carbocycles. The van der Waals surface area contributed by atoms with Crippen molar-refractivity contribution in [3.8, 4) is 0 Å². The second kappa shape index (κ2) is 7.34. The summed E-state index contributed by atoms with van der Waals surface area (Å²) < 4.78 is 29.6. The largest absolute Gasteiger partial charge is 0.294 e. The van der Waals surface area contributed by atoms with Gasteiger partial charge in [-0.15, -0.1) is 0 Å². The number of rotatable bonds is 1. The van der Waals surface area contributed by atoms with Crippen LogP contribution in [0, 0.1) is 6.92 Å². The number of benzene rings is 1. The molecule has 4 heteroatoms. The van der Waals surface area contributed by atoms with Gasteiger partial charge in [0.1, 0.15) is 0 Å². The summed E-state index contributed by atoms with van der Waals surface area (Å²) in [6.07, 6.45) is 11.5. The third kappa shape index (κ3) is 5.98. The molecule has 0 amide bonds. The summed E-state index contributed by atoms with van der Waals surface area (Å²) in [5, 5.41) is 0. The van der Waals surface area contributed by atoms with Crippen molar-refractivity contribution in [1.82, 2.24) is 0 Å². The average molecular weight is 268 g/mol. The minimum absolute atomic E-state index is 0.0666. The second-order valence-corrected chi connectivity index (χ2v) is 5.82. The fourth-order valence-electron chi connectivity index (χ4n) is 1.65. The fraction of sp³-hybridized carbons (Fsp3) is 0.429. The lowest BCUT2D eigenvalue weighted by molar-refractivity contribution is 0.483. The van der Waals surface area contributed by atoms with Crippen LogP contribution in [0.1, 0.15) is 37.7 Å². The highest BCUT2D eigenvalue weighted by molar-refractivity contribution is 7.85. The smallest absolute Gasteiger partial charge is 0.282 e. The number of hydrogen-bond donors (Lipinski definition) is 1. The highest BCUT2D eigenvalue weighted by Crippen LogP contribution is 2.09. The predicted molar refractivity (Wildman–Crippen MR) is 73.2 cm³/mol. The molecule has 3 nitrogen and oxygen atoms in total. The van der Waals surface area contributed by atoms with Crippen LogP contribution in [0.3, 0.4) is 0 Å². The summed E-state index contributed by atoms with van der Waals surface area (Å²) in [5.41, 5.74) is 0.956. The zero-order valence-corrected chi connectivity index (χ0v) is 11.5. The van der Waals surface area contributed by atoms with E-state index in [0.29, 0.717) is 0 Å². The van der Waals surface area contributed by atoms with E-state index in [1.54, 1.807) is 12.1 Å². The first-order chi connectivity index (χ1) is 8.50. The lowest BCUT2D eigenvalue weighted by Gasteiger charge is -1.95. The summed E-state index contributed by atoms with van der Waals surface area (Å²) in [5.74, 6) is 0. The third-order valence-electron chi connectivity index (χ3n) is 2.73. The molecule has 0 atom stereocenters. The van der Waals surface area contributed by atoms with Gasteiger partial charge in [0.2, 0.25) is 0 Å². The molecule has 2 rings (SSSR count). The van der Waals surface area contributed by atoms with Crippen molar-refractivity contribution < 1.29 is 13.0 Å². The SMILES string of the molecule is C1=CCCCCC1.Cc1ccc(S(=O)(=O)O)cc1. The van der Waals surface area contributed by atoms with Crippen LogP contribution in [0.15, 0.2) is 41.3 Å². The molecule has 1 N–H and O–H groups in total. The van der Waals surface area contributed by atoms with Crippen molar-refractivity contribution in [2.24, 2.45) is 0 Å². The summed E-state index contributed by atoms with van der Waals surface area (Å²) in [6, 6.07) is 5.99. The van der Waals surface area contributed by atoms with Gasteiger partial charge in [0.25, 0.3) is 10.1 Å². The Bertz CT molecular complexity index is 464. The van der Waals surface area contributed by atoms with E-state index in [-0.39, 0.29) is 4.90 Å². The van der Waals surface area contributed by atoms with Crippen molar-refractivity contribution in [1.29, 1.82) is 0 Å². The zero-order chi connectivity index (χ0) is 13.4. The van der Waals surface area contributed by atoms with Crippen LogP contribution in [0.2, 0.25) is 0 Å². The second-order valence-electron chi connectivity index (χ2n) is 4.40. The molecule has 0 saturated heterocycles. The van der Waals surface area contributed by atoms with E-state index in [0.717, 1.165) is 5.56 Å². The number of allylic oxidation sites excluding steroid dienone is 2. The summed E-state index contributed by atoms with van der Waals surface area (Å²) in [7, 11) is -4.02. The van der Waals surface area contributed by atoms with E-state index in [2.05, 4.69) is 12.2 Å².